The molecule has 0 spiro atoms. The van der Waals surface area contributed by atoms with Crippen LogP contribution in [-0.4, -0.2) is 32.1 Å². The minimum atomic E-state index is -0.652. The van der Waals surface area contributed by atoms with Crippen LogP contribution in [0.2, 0.25) is 0 Å². The molecule has 1 heterocycles. The molecule has 0 bridgehead atoms. The molecule has 140 valence electrons. The molecule has 0 aliphatic heterocycles. The minimum Gasteiger partial charge on any atom is -0.450 e. The van der Waals surface area contributed by atoms with E-state index in [0.29, 0.717) is 23.6 Å². The normalized spacial score (nSPS) is 15.1. The van der Waals surface area contributed by atoms with E-state index in [1.807, 2.05) is 18.2 Å². The quantitative estimate of drug-likeness (QED) is 0.766. The summed E-state index contributed by atoms with van der Waals surface area (Å²) in [6.45, 7) is 0.570. The van der Waals surface area contributed by atoms with Crippen molar-refractivity contribution in [2.75, 3.05) is 20.3 Å². The Morgan fingerprint density at radius 2 is 1.96 bits per heavy atom. The van der Waals surface area contributed by atoms with Crippen molar-refractivity contribution >= 4 is 22.8 Å². The number of hydrogen-bond donors (Lipinski definition) is 1. The Kier molecular flexibility index (Phi) is 6.28. The van der Waals surface area contributed by atoms with Crippen LogP contribution in [0, 0.1) is 5.92 Å². The molecule has 1 aliphatic carbocycles. The molecule has 0 radical (unpaired) electrons. The van der Waals surface area contributed by atoms with E-state index in [1.165, 1.54) is 19.3 Å². The van der Waals surface area contributed by atoms with E-state index in [9.17, 15) is 9.59 Å². The summed E-state index contributed by atoms with van der Waals surface area (Å²) < 4.78 is 15.9. The number of carbonyl (C=O) groups is 2. The Morgan fingerprint density at radius 3 is 2.73 bits per heavy atom. The van der Waals surface area contributed by atoms with Crippen molar-refractivity contribution in [3.05, 3.63) is 35.6 Å². The van der Waals surface area contributed by atoms with Gasteiger partial charge in [-0.3, -0.25) is 4.79 Å². The largest absolute Gasteiger partial charge is 0.450 e. The lowest BCUT2D eigenvalue weighted by Gasteiger charge is -2.21. The van der Waals surface area contributed by atoms with E-state index in [4.69, 9.17) is 13.9 Å². The number of furan rings is 1. The van der Waals surface area contributed by atoms with Crippen LogP contribution in [-0.2, 0) is 20.9 Å². The highest BCUT2D eigenvalue weighted by Crippen LogP contribution is 2.27. The molecule has 0 saturated heterocycles. The first kappa shape index (κ1) is 18.5. The van der Waals surface area contributed by atoms with Crippen molar-refractivity contribution in [2.45, 2.75) is 38.7 Å². The van der Waals surface area contributed by atoms with Gasteiger partial charge in [-0.15, -0.1) is 0 Å². The van der Waals surface area contributed by atoms with Gasteiger partial charge in [0.15, 0.2) is 6.61 Å². The first-order valence-electron chi connectivity index (χ1n) is 9.12. The lowest BCUT2D eigenvalue weighted by Crippen LogP contribution is -2.33. The van der Waals surface area contributed by atoms with Crippen LogP contribution in [0.5, 0.6) is 0 Å². The molecule has 1 amide bonds. The van der Waals surface area contributed by atoms with Crippen molar-refractivity contribution < 1.29 is 23.5 Å². The molecule has 1 aliphatic rings. The lowest BCUT2D eigenvalue weighted by molar-refractivity contribution is -0.124. The zero-order chi connectivity index (χ0) is 18.4. The van der Waals surface area contributed by atoms with Crippen molar-refractivity contribution in [3.8, 4) is 0 Å². The van der Waals surface area contributed by atoms with Crippen molar-refractivity contribution in [1.82, 2.24) is 5.32 Å². The number of methoxy groups -OCH3 is 1. The van der Waals surface area contributed by atoms with Crippen molar-refractivity contribution in [1.29, 1.82) is 0 Å². The van der Waals surface area contributed by atoms with Crippen LogP contribution in [0.25, 0.3) is 11.0 Å². The molecular formula is C20H25NO5. The van der Waals surface area contributed by atoms with Gasteiger partial charge in [0.2, 0.25) is 5.76 Å². The molecule has 3 rings (SSSR count). The maximum Gasteiger partial charge on any atom is 0.375 e. The summed E-state index contributed by atoms with van der Waals surface area (Å²) in [6.07, 6.45) is 6.04. The monoisotopic (exact) mass is 359 g/mol. The van der Waals surface area contributed by atoms with Crippen LogP contribution in [0.15, 0.2) is 28.7 Å². The van der Waals surface area contributed by atoms with Crippen LogP contribution in [0.3, 0.4) is 0 Å². The van der Waals surface area contributed by atoms with E-state index in [2.05, 4.69) is 5.32 Å². The van der Waals surface area contributed by atoms with Crippen LogP contribution >= 0.6 is 0 Å². The summed E-state index contributed by atoms with van der Waals surface area (Å²) in [4.78, 5) is 24.3. The molecule has 1 fully saturated rings. The number of amides is 1. The van der Waals surface area contributed by atoms with Gasteiger partial charge >= 0.3 is 5.97 Å². The fourth-order valence-corrected chi connectivity index (χ4v) is 3.45. The highest BCUT2D eigenvalue weighted by molar-refractivity contribution is 5.96. The molecule has 1 aromatic heterocycles. The number of fused-ring (bicyclic) bond motifs is 1. The van der Waals surface area contributed by atoms with Gasteiger partial charge in [0.1, 0.15) is 5.58 Å². The maximum absolute atomic E-state index is 12.4. The molecule has 2 aromatic rings. The zero-order valence-electron chi connectivity index (χ0n) is 15.1. The fourth-order valence-electron chi connectivity index (χ4n) is 3.45. The van der Waals surface area contributed by atoms with Gasteiger partial charge in [0.25, 0.3) is 5.91 Å². The highest BCUT2D eigenvalue weighted by atomic mass is 16.5. The Bertz CT molecular complexity index is 761. The number of rotatable bonds is 7. The molecule has 6 heteroatoms. The molecule has 1 aromatic carbocycles. The second-order valence-electron chi connectivity index (χ2n) is 6.72. The number of ether oxygens (including phenoxy) is 2. The molecule has 0 atom stereocenters. The number of carbonyl (C=O) groups excluding carboxylic acids is 2. The SMILES string of the molecule is COCc1c(C(=O)OCC(=O)NCC2CCCCC2)oc2ccccc12. The van der Waals surface area contributed by atoms with Gasteiger partial charge in [-0.1, -0.05) is 37.5 Å². The van der Waals surface area contributed by atoms with E-state index in [1.54, 1.807) is 13.2 Å². The molecular weight excluding hydrogens is 334 g/mol. The van der Waals surface area contributed by atoms with Crippen molar-refractivity contribution in [2.24, 2.45) is 5.92 Å². The minimum absolute atomic E-state index is 0.0909. The van der Waals surface area contributed by atoms with Crippen LogP contribution < -0.4 is 5.32 Å². The third-order valence-electron chi connectivity index (χ3n) is 4.82. The number of hydrogen-bond acceptors (Lipinski definition) is 5. The smallest absolute Gasteiger partial charge is 0.375 e. The van der Waals surface area contributed by atoms with E-state index in [0.717, 1.165) is 18.2 Å². The third-order valence-corrected chi connectivity index (χ3v) is 4.82. The molecule has 6 nitrogen and oxygen atoms in total. The summed E-state index contributed by atoms with van der Waals surface area (Å²) in [5.74, 6) is -0.311. The van der Waals surface area contributed by atoms with Gasteiger partial charge in [0, 0.05) is 24.6 Å². The van der Waals surface area contributed by atoms with Crippen molar-refractivity contribution in [3.63, 3.8) is 0 Å². The summed E-state index contributed by atoms with van der Waals surface area (Å²) in [5, 5.41) is 3.66. The fraction of sp³-hybridized carbons (Fsp3) is 0.500. The molecule has 26 heavy (non-hydrogen) atoms. The third kappa shape index (κ3) is 4.43. The standard InChI is InChI=1S/C20H25NO5/c1-24-12-16-15-9-5-6-10-17(15)26-19(16)20(23)25-13-18(22)21-11-14-7-3-2-4-8-14/h5-6,9-10,14H,2-4,7-8,11-13H2,1H3,(H,21,22). The van der Waals surface area contributed by atoms with Gasteiger partial charge in [-0.25, -0.2) is 4.79 Å². The summed E-state index contributed by atoms with van der Waals surface area (Å²) in [5.41, 5.74) is 1.23. The number of esters is 1. The van der Waals surface area contributed by atoms with E-state index >= 15 is 0 Å². The predicted molar refractivity (Wildman–Crippen MR) is 96.8 cm³/mol. The second-order valence-corrected chi connectivity index (χ2v) is 6.72. The zero-order valence-corrected chi connectivity index (χ0v) is 15.1. The van der Waals surface area contributed by atoms with Gasteiger partial charge in [0.05, 0.1) is 6.61 Å². The Labute approximate surface area is 152 Å². The number of para-hydroxylation sites is 1. The van der Waals surface area contributed by atoms with Crippen LogP contribution in [0.1, 0.15) is 48.2 Å². The van der Waals surface area contributed by atoms with Gasteiger partial charge in [-0.2, -0.15) is 0 Å². The lowest BCUT2D eigenvalue weighted by atomic mass is 9.89. The summed E-state index contributed by atoms with van der Waals surface area (Å²) in [7, 11) is 1.55. The summed E-state index contributed by atoms with van der Waals surface area (Å²) >= 11 is 0. The first-order valence-corrected chi connectivity index (χ1v) is 9.12. The Morgan fingerprint density at radius 1 is 1.19 bits per heavy atom. The van der Waals surface area contributed by atoms with Gasteiger partial charge < -0.3 is 19.2 Å². The number of nitrogens with one attached hydrogen (secondary N) is 1. The van der Waals surface area contributed by atoms with Gasteiger partial charge in [-0.05, 0) is 24.8 Å². The van der Waals surface area contributed by atoms with E-state index < -0.39 is 5.97 Å². The highest BCUT2D eigenvalue weighted by Gasteiger charge is 2.22. The maximum atomic E-state index is 12.4. The summed E-state index contributed by atoms with van der Waals surface area (Å²) in [6, 6.07) is 7.34. The van der Waals surface area contributed by atoms with E-state index in [-0.39, 0.29) is 24.9 Å². The molecule has 1 saturated carbocycles. The average Bonchev–Trinajstić information content (AvgIpc) is 3.04. The number of benzene rings is 1. The Hall–Kier alpha value is -2.34. The van der Waals surface area contributed by atoms with Crippen LogP contribution in [0.4, 0.5) is 0 Å². The first-order chi connectivity index (χ1) is 12.7. The predicted octanol–water partition coefficient (Wildman–Crippen LogP) is 3.43. The second kappa shape index (κ2) is 8.85. The Balaban J connectivity index is 1.56. The topological polar surface area (TPSA) is 77.8 Å². The average molecular weight is 359 g/mol. The molecule has 0 unspecified atom stereocenters. The molecule has 1 N–H and O–H groups in total.